The molecule has 0 saturated carbocycles. The first kappa shape index (κ1) is 20.1. The number of hydrogen-bond donors (Lipinski definition) is 1. The quantitative estimate of drug-likeness (QED) is 0.838. The number of hydrogen-bond acceptors (Lipinski definition) is 3. The van der Waals surface area contributed by atoms with Gasteiger partial charge in [0.25, 0.3) is 5.91 Å². The predicted octanol–water partition coefficient (Wildman–Crippen LogP) is 4.04. The fraction of sp³-hybridized carbons (Fsp3) is 0.333. The van der Waals surface area contributed by atoms with Gasteiger partial charge in [-0.05, 0) is 24.3 Å². The predicted molar refractivity (Wildman–Crippen MR) is 109 cm³/mol. The molecular formula is C21H23ClFN3O2. The molecule has 0 bridgehead atoms. The monoisotopic (exact) mass is 403 g/mol. The number of piperazine rings is 1. The third-order valence-corrected chi connectivity index (χ3v) is 5.06. The van der Waals surface area contributed by atoms with E-state index in [0.29, 0.717) is 42.6 Å². The molecule has 2 amide bonds. The second kappa shape index (κ2) is 8.61. The van der Waals surface area contributed by atoms with Crippen molar-refractivity contribution in [1.29, 1.82) is 0 Å². The fourth-order valence-corrected chi connectivity index (χ4v) is 3.58. The Hall–Kier alpha value is -2.60. The number of benzene rings is 2. The van der Waals surface area contributed by atoms with Gasteiger partial charge in [0.2, 0.25) is 5.91 Å². The Bertz CT molecular complexity index is 880. The van der Waals surface area contributed by atoms with Crippen molar-refractivity contribution < 1.29 is 14.0 Å². The molecule has 1 aliphatic heterocycles. The van der Waals surface area contributed by atoms with Gasteiger partial charge in [0.1, 0.15) is 5.82 Å². The second-order valence-corrected chi connectivity index (χ2v) is 7.44. The van der Waals surface area contributed by atoms with Gasteiger partial charge in [-0.3, -0.25) is 9.59 Å². The Balaban J connectivity index is 1.79. The molecule has 7 heteroatoms. The molecule has 0 aromatic heterocycles. The van der Waals surface area contributed by atoms with Crippen LogP contribution in [0.15, 0.2) is 42.5 Å². The van der Waals surface area contributed by atoms with Gasteiger partial charge >= 0.3 is 0 Å². The molecule has 1 fully saturated rings. The van der Waals surface area contributed by atoms with E-state index in [1.165, 1.54) is 18.2 Å². The lowest BCUT2D eigenvalue weighted by Gasteiger charge is -2.38. The molecule has 1 N–H and O–H groups in total. The SMILES string of the molecule is CC(C)C(=O)N1CCN(c2c(Cl)cccc2NC(=O)c2ccccc2F)CC1. The summed E-state index contributed by atoms with van der Waals surface area (Å²) in [4.78, 5) is 28.6. The number of rotatable bonds is 4. The maximum absolute atomic E-state index is 13.9. The third-order valence-electron chi connectivity index (χ3n) is 4.75. The summed E-state index contributed by atoms with van der Waals surface area (Å²) in [7, 11) is 0. The van der Waals surface area contributed by atoms with Crippen molar-refractivity contribution in [3.05, 3.63) is 58.9 Å². The summed E-state index contributed by atoms with van der Waals surface area (Å²) in [5.74, 6) is -1.02. The summed E-state index contributed by atoms with van der Waals surface area (Å²) in [5.41, 5.74) is 1.18. The minimum atomic E-state index is -0.579. The van der Waals surface area contributed by atoms with Crippen molar-refractivity contribution >= 4 is 34.8 Å². The van der Waals surface area contributed by atoms with Crippen LogP contribution in [0, 0.1) is 11.7 Å². The molecule has 1 aliphatic rings. The van der Waals surface area contributed by atoms with E-state index < -0.39 is 11.7 Å². The highest BCUT2D eigenvalue weighted by molar-refractivity contribution is 6.34. The van der Waals surface area contributed by atoms with Crippen LogP contribution >= 0.6 is 11.6 Å². The number of carbonyl (C=O) groups is 2. The Morgan fingerprint density at radius 3 is 2.36 bits per heavy atom. The van der Waals surface area contributed by atoms with Crippen LogP contribution in [0.25, 0.3) is 0 Å². The Morgan fingerprint density at radius 1 is 1.04 bits per heavy atom. The third kappa shape index (κ3) is 4.28. The number of para-hydroxylation sites is 1. The van der Waals surface area contributed by atoms with Crippen LogP contribution in [-0.4, -0.2) is 42.9 Å². The Labute approximate surface area is 169 Å². The average molecular weight is 404 g/mol. The van der Waals surface area contributed by atoms with Crippen LogP contribution in [0.5, 0.6) is 0 Å². The molecule has 148 valence electrons. The number of amides is 2. The first-order chi connectivity index (χ1) is 13.4. The molecule has 3 rings (SSSR count). The lowest BCUT2D eigenvalue weighted by molar-refractivity contribution is -0.134. The lowest BCUT2D eigenvalue weighted by Crippen LogP contribution is -2.50. The molecule has 2 aromatic rings. The van der Waals surface area contributed by atoms with Crippen molar-refractivity contribution in [2.24, 2.45) is 5.92 Å². The topological polar surface area (TPSA) is 52.7 Å². The summed E-state index contributed by atoms with van der Waals surface area (Å²) in [5, 5.41) is 3.27. The van der Waals surface area contributed by atoms with Crippen molar-refractivity contribution in [2.45, 2.75) is 13.8 Å². The maximum atomic E-state index is 13.9. The molecule has 1 heterocycles. The molecule has 28 heavy (non-hydrogen) atoms. The largest absolute Gasteiger partial charge is 0.365 e. The normalized spacial score (nSPS) is 14.3. The van der Waals surface area contributed by atoms with Crippen LogP contribution in [-0.2, 0) is 4.79 Å². The summed E-state index contributed by atoms with van der Waals surface area (Å²) >= 11 is 6.43. The van der Waals surface area contributed by atoms with Crippen LogP contribution < -0.4 is 10.2 Å². The zero-order valence-electron chi connectivity index (χ0n) is 15.9. The maximum Gasteiger partial charge on any atom is 0.258 e. The standard InChI is InChI=1S/C21H23ClFN3O2/c1-14(2)21(28)26-12-10-25(11-13-26)19-16(22)7-5-9-18(19)24-20(27)15-6-3-4-8-17(15)23/h3-9,14H,10-13H2,1-2H3,(H,24,27). The molecule has 0 atom stereocenters. The smallest absolute Gasteiger partial charge is 0.258 e. The highest BCUT2D eigenvalue weighted by atomic mass is 35.5. The van der Waals surface area contributed by atoms with Gasteiger partial charge in [-0.2, -0.15) is 0 Å². The molecule has 1 saturated heterocycles. The van der Waals surface area contributed by atoms with Crippen molar-refractivity contribution in [3.8, 4) is 0 Å². The minimum Gasteiger partial charge on any atom is -0.365 e. The van der Waals surface area contributed by atoms with E-state index in [9.17, 15) is 14.0 Å². The number of nitrogens with zero attached hydrogens (tertiary/aromatic N) is 2. The zero-order chi connectivity index (χ0) is 20.3. The van der Waals surface area contributed by atoms with E-state index in [1.807, 2.05) is 23.6 Å². The van der Waals surface area contributed by atoms with E-state index in [0.717, 1.165) is 0 Å². The van der Waals surface area contributed by atoms with Crippen molar-refractivity contribution in [3.63, 3.8) is 0 Å². The van der Waals surface area contributed by atoms with Gasteiger partial charge < -0.3 is 15.1 Å². The zero-order valence-corrected chi connectivity index (χ0v) is 16.7. The molecule has 0 spiro atoms. The van der Waals surface area contributed by atoms with Crippen molar-refractivity contribution in [1.82, 2.24) is 4.90 Å². The van der Waals surface area contributed by atoms with E-state index >= 15 is 0 Å². The molecule has 2 aromatic carbocycles. The van der Waals surface area contributed by atoms with Crippen molar-refractivity contribution in [2.75, 3.05) is 36.4 Å². The Kier molecular flexibility index (Phi) is 6.19. The van der Waals surface area contributed by atoms with Crippen LogP contribution in [0.3, 0.4) is 0 Å². The summed E-state index contributed by atoms with van der Waals surface area (Å²) in [6.07, 6.45) is 0. The highest BCUT2D eigenvalue weighted by Gasteiger charge is 2.26. The van der Waals surface area contributed by atoms with Crippen LogP contribution in [0.1, 0.15) is 24.2 Å². The molecule has 0 aliphatic carbocycles. The van der Waals surface area contributed by atoms with Gasteiger partial charge in [0.15, 0.2) is 0 Å². The van der Waals surface area contributed by atoms with Gasteiger partial charge in [-0.15, -0.1) is 0 Å². The highest BCUT2D eigenvalue weighted by Crippen LogP contribution is 2.35. The Morgan fingerprint density at radius 2 is 1.71 bits per heavy atom. The lowest BCUT2D eigenvalue weighted by atomic mass is 10.1. The number of anilines is 2. The summed E-state index contributed by atoms with van der Waals surface area (Å²) in [6, 6.07) is 11.1. The number of carbonyl (C=O) groups excluding carboxylic acids is 2. The molecule has 5 nitrogen and oxygen atoms in total. The van der Waals surface area contributed by atoms with Gasteiger partial charge in [-0.25, -0.2) is 4.39 Å². The van der Waals surface area contributed by atoms with Crippen LogP contribution in [0.2, 0.25) is 5.02 Å². The van der Waals surface area contributed by atoms with Gasteiger partial charge in [0.05, 0.1) is 22.0 Å². The minimum absolute atomic E-state index is 0.0271. The van der Waals surface area contributed by atoms with Crippen LogP contribution in [0.4, 0.5) is 15.8 Å². The summed E-state index contributed by atoms with van der Waals surface area (Å²) < 4.78 is 13.9. The molecule has 0 radical (unpaired) electrons. The van der Waals surface area contributed by atoms with E-state index in [1.54, 1.807) is 24.3 Å². The molecule has 0 unspecified atom stereocenters. The molecular weight excluding hydrogens is 381 g/mol. The second-order valence-electron chi connectivity index (χ2n) is 7.04. The van der Waals surface area contributed by atoms with Gasteiger partial charge in [-0.1, -0.05) is 43.6 Å². The van der Waals surface area contributed by atoms with Gasteiger partial charge in [0, 0.05) is 32.1 Å². The number of nitrogens with one attached hydrogen (secondary N) is 1. The average Bonchev–Trinajstić information content (AvgIpc) is 2.68. The van der Waals surface area contributed by atoms with E-state index in [-0.39, 0.29) is 17.4 Å². The fourth-order valence-electron chi connectivity index (χ4n) is 3.29. The van der Waals surface area contributed by atoms with E-state index in [2.05, 4.69) is 5.32 Å². The summed E-state index contributed by atoms with van der Waals surface area (Å²) in [6.45, 7) is 6.15. The number of halogens is 2. The first-order valence-electron chi connectivity index (χ1n) is 9.26. The first-order valence-corrected chi connectivity index (χ1v) is 9.64. The van der Waals surface area contributed by atoms with E-state index in [4.69, 9.17) is 11.6 Å².